The lowest BCUT2D eigenvalue weighted by atomic mass is 9.92. The molecule has 1 saturated carbocycles. The molecule has 4 aliphatic heterocycles. The van der Waals surface area contributed by atoms with Gasteiger partial charge in [0.05, 0.1) is 23.1 Å². The summed E-state index contributed by atoms with van der Waals surface area (Å²) in [6.45, 7) is 2.53. The van der Waals surface area contributed by atoms with Crippen molar-refractivity contribution in [2.45, 2.75) is 42.3 Å². The monoisotopic (exact) mass is 617 g/mol. The second-order valence-corrected chi connectivity index (χ2v) is 12.6. The predicted molar refractivity (Wildman–Crippen MR) is 164 cm³/mol. The van der Waals surface area contributed by atoms with Crippen molar-refractivity contribution in [3.05, 3.63) is 124 Å². The Labute approximate surface area is 264 Å². The van der Waals surface area contributed by atoms with Crippen LogP contribution in [0.15, 0.2) is 90.4 Å². The Bertz CT molecular complexity index is 1950. The van der Waals surface area contributed by atoms with Crippen LogP contribution in [0.5, 0.6) is 0 Å². The van der Waals surface area contributed by atoms with Crippen LogP contribution in [-0.4, -0.2) is 63.5 Å². The molecule has 2 unspecified atom stereocenters. The van der Waals surface area contributed by atoms with Gasteiger partial charge in [0.1, 0.15) is 0 Å². The van der Waals surface area contributed by atoms with Gasteiger partial charge < -0.3 is 19.7 Å². The Morgan fingerprint density at radius 1 is 0.783 bits per heavy atom. The van der Waals surface area contributed by atoms with E-state index in [9.17, 15) is 19.2 Å². The van der Waals surface area contributed by atoms with Crippen LogP contribution in [0.2, 0.25) is 0 Å². The van der Waals surface area contributed by atoms with Gasteiger partial charge >= 0.3 is 11.9 Å². The number of likely N-dealkylation sites (tertiary alicyclic amines) is 1. The average molecular weight is 618 g/mol. The maximum Gasteiger partial charge on any atom is 0.341 e. The maximum atomic E-state index is 13.6. The van der Waals surface area contributed by atoms with Gasteiger partial charge in [0.2, 0.25) is 5.91 Å². The lowest BCUT2D eigenvalue weighted by Crippen LogP contribution is -2.40. The van der Waals surface area contributed by atoms with Gasteiger partial charge in [-0.05, 0) is 55.3 Å². The van der Waals surface area contributed by atoms with Crippen molar-refractivity contribution in [1.29, 1.82) is 0 Å². The van der Waals surface area contributed by atoms with Gasteiger partial charge in [-0.1, -0.05) is 18.2 Å². The second-order valence-electron chi connectivity index (χ2n) is 12.6. The quantitative estimate of drug-likeness (QED) is 0.345. The normalized spacial score (nSPS) is 24.7. The lowest BCUT2D eigenvalue weighted by molar-refractivity contribution is -0.134. The van der Waals surface area contributed by atoms with Crippen molar-refractivity contribution in [3.8, 4) is 5.69 Å². The highest BCUT2D eigenvalue weighted by atomic mass is 16.6. The van der Waals surface area contributed by atoms with Crippen molar-refractivity contribution >= 4 is 17.8 Å². The van der Waals surface area contributed by atoms with Gasteiger partial charge in [0.15, 0.2) is 11.2 Å². The number of carbonyl (C=O) groups is 3. The summed E-state index contributed by atoms with van der Waals surface area (Å²) in [5.41, 5.74) is 2.87. The fourth-order valence-electron chi connectivity index (χ4n) is 7.36. The molecule has 46 heavy (non-hydrogen) atoms. The second kappa shape index (κ2) is 10.4. The molecule has 1 amide bonds. The van der Waals surface area contributed by atoms with E-state index in [1.165, 1.54) is 6.07 Å². The molecular formula is C35H31N5O6. The van der Waals surface area contributed by atoms with E-state index in [2.05, 4.69) is 15.3 Å². The Kier molecular flexibility index (Phi) is 6.43. The standard InChI is InChI=1S/C25H21N3O4.C10H10N2O2/c29-21-3-1-2-13-28(21)18-6-4-17(5-7-18)24(9-10-24)23(31)27-14-11-25(16-27)20-8-12-26-15-19(20)22(30)32-25;13-9-7-5-11-3-1-8(7)10(14-9)2-4-12-6-10/h1-8,12-13,15H,9-11,14,16H2;1,3,5,12H,2,4,6H2. The summed E-state index contributed by atoms with van der Waals surface area (Å²) in [7, 11) is 0. The van der Waals surface area contributed by atoms with Gasteiger partial charge in [-0.3, -0.25) is 24.1 Å². The summed E-state index contributed by atoms with van der Waals surface area (Å²) >= 11 is 0. The Hall–Kier alpha value is -5.16. The third kappa shape index (κ3) is 4.37. The van der Waals surface area contributed by atoms with Crippen molar-refractivity contribution < 1.29 is 23.9 Å². The van der Waals surface area contributed by atoms with Gasteiger partial charge in [0.25, 0.3) is 5.56 Å². The van der Waals surface area contributed by atoms with E-state index in [0.29, 0.717) is 30.6 Å². The highest BCUT2D eigenvalue weighted by Gasteiger charge is 2.58. The van der Waals surface area contributed by atoms with Crippen molar-refractivity contribution in [3.63, 3.8) is 0 Å². The van der Waals surface area contributed by atoms with Crippen LogP contribution in [0.1, 0.15) is 63.1 Å². The minimum absolute atomic E-state index is 0.0811. The topological polar surface area (TPSA) is 133 Å². The van der Waals surface area contributed by atoms with Crippen molar-refractivity contribution in [1.82, 2.24) is 24.8 Å². The van der Waals surface area contributed by atoms with Crippen molar-refractivity contribution in [2.24, 2.45) is 0 Å². The first-order valence-corrected chi connectivity index (χ1v) is 15.5. The first kappa shape index (κ1) is 28.3. The molecule has 0 bridgehead atoms. The summed E-state index contributed by atoms with van der Waals surface area (Å²) in [5, 5.41) is 3.22. The Morgan fingerprint density at radius 3 is 2.09 bits per heavy atom. The average Bonchev–Trinajstić information content (AvgIpc) is 3.32. The number of aromatic nitrogens is 3. The van der Waals surface area contributed by atoms with Crippen LogP contribution in [0.25, 0.3) is 5.69 Å². The number of esters is 2. The number of pyridine rings is 3. The number of hydrogen-bond donors (Lipinski definition) is 1. The summed E-state index contributed by atoms with van der Waals surface area (Å²) in [6.07, 6.45) is 11.3. The highest BCUT2D eigenvalue weighted by molar-refractivity contribution is 5.96. The minimum atomic E-state index is -0.764. The van der Waals surface area contributed by atoms with Gasteiger partial charge in [0, 0.05) is 79.8 Å². The number of nitrogens with one attached hydrogen (secondary N) is 1. The molecule has 232 valence electrons. The van der Waals surface area contributed by atoms with Crippen molar-refractivity contribution in [2.75, 3.05) is 26.2 Å². The number of fused-ring (bicyclic) bond motifs is 4. The molecule has 2 atom stereocenters. The minimum Gasteiger partial charge on any atom is -0.449 e. The van der Waals surface area contributed by atoms with E-state index in [0.717, 1.165) is 54.7 Å². The van der Waals surface area contributed by atoms with E-state index in [-0.39, 0.29) is 23.4 Å². The van der Waals surface area contributed by atoms with E-state index in [1.807, 2.05) is 47.4 Å². The first-order chi connectivity index (χ1) is 22.3. The molecule has 9 rings (SSSR count). The number of benzene rings is 1. The fraction of sp³-hybridized carbons (Fsp3) is 0.314. The van der Waals surface area contributed by atoms with Crippen LogP contribution in [-0.2, 0) is 30.9 Å². The first-order valence-electron chi connectivity index (χ1n) is 15.5. The smallest absolute Gasteiger partial charge is 0.341 e. The lowest BCUT2D eigenvalue weighted by Gasteiger charge is -2.27. The number of nitrogens with zero attached hydrogens (tertiary/aromatic N) is 4. The van der Waals surface area contributed by atoms with Crippen LogP contribution in [0.3, 0.4) is 0 Å². The van der Waals surface area contributed by atoms with E-state index < -0.39 is 16.6 Å². The van der Waals surface area contributed by atoms with Gasteiger partial charge in [-0.25, -0.2) is 9.59 Å². The molecule has 7 heterocycles. The molecule has 11 heteroatoms. The summed E-state index contributed by atoms with van der Waals surface area (Å²) in [4.78, 5) is 59.4. The molecule has 3 fully saturated rings. The molecular weight excluding hydrogens is 586 g/mol. The molecule has 2 saturated heterocycles. The predicted octanol–water partition coefficient (Wildman–Crippen LogP) is 3.00. The largest absolute Gasteiger partial charge is 0.449 e. The molecule has 1 N–H and O–H groups in total. The number of amides is 1. The number of rotatable bonds is 3. The number of carbonyl (C=O) groups excluding carboxylic acids is 3. The molecule has 0 radical (unpaired) electrons. The Balaban J connectivity index is 0.000000185. The summed E-state index contributed by atoms with van der Waals surface area (Å²) < 4.78 is 12.8. The van der Waals surface area contributed by atoms with Gasteiger partial charge in [-0.2, -0.15) is 0 Å². The maximum absolute atomic E-state index is 13.6. The molecule has 5 aliphatic rings. The van der Waals surface area contributed by atoms with Crippen LogP contribution >= 0.6 is 0 Å². The summed E-state index contributed by atoms with van der Waals surface area (Å²) in [5.74, 6) is -0.523. The zero-order chi connectivity index (χ0) is 31.5. The van der Waals surface area contributed by atoms with Crippen LogP contribution in [0.4, 0.5) is 0 Å². The third-order valence-electron chi connectivity index (χ3n) is 9.95. The molecule has 4 aromatic rings. The zero-order valence-electron chi connectivity index (χ0n) is 25.0. The molecule has 11 nitrogen and oxygen atoms in total. The summed E-state index contributed by atoms with van der Waals surface area (Å²) in [6, 6.07) is 16.4. The van der Waals surface area contributed by atoms with Crippen LogP contribution in [0, 0.1) is 0 Å². The molecule has 1 aliphatic carbocycles. The third-order valence-corrected chi connectivity index (χ3v) is 9.95. The Morgan fingerprint density at radius 2 is 1.46 bits per heavy atom. The molecule has 2 spiro atoms. The van der Waals surface area contributed by atoms with E-state index in [1.54, 1.807) is 41.6 Å². The number of ether oxygens (including phenoxy) is 2. The fourth-order valence-corrected chi connectivity index (χ4v) is 7.36. The van der Waals surface area contributed by atoms with Gasteiger partial charge in [-0.15, -0.1) is 0 Å². The number of hydrogen-bond acceptors (Lipinski definition) is 9. The highest BCUT2D eigenvalue weighted by Crippen LogP contribution is 2.52. The molecule has 3 aromatic heterocycles. The van der Waals surface area contributed by atoms with E-state index in [4.69, 9.17) is 9.47 Å². The zero-order valence-corrected chi connectivity index (χ0v) is 25.0. The molecule has 1 aromatic carbocycles. The van der Waals surface area contributed by atoms with E-state index >= 15 is 0 Å². The SMILES string of the molecule is O=C1OC2(CCN(C(=O)C3(c4ccc(-n5ccccc5=O)cc4)CC3)C2)c2ccncc21.O=C1OC2(CCNC2)c2ccncc21. The van der Waals surface area contributed by atoms with Crippen LogP contribution < -0.4 is 10.9 Å².